The monoisotopic (exact) mass is 272 g/mol. The van der Waals surface area contributed by atoms with Crippen LogP contribution in [0.3, 0.4) is 0 Å². The van der Waals surface area contributed by atoms with Gasteiger partial charge in [0, 0.05) is 24.7 Å². The fourth-order valence-corrected chi connectivity index (χ4v) is 2.79. The number of nitrogens with zero attached hydrogens (tertiary/aromatic N) is 2. The minimum atomic E-state index is 0.437. The lowest BCUT2D eigenvalue weighted by Crippen LogP contribution is -2.41. The molecule has 0 aliphatic carbocycles. The molecule has 1 aliphatic heterocycles. The summed E-state index contributed by atoms with van der Waals surface area (Å²) >= 11 is 11.9. The minimum Gasteiger partial charge on any atom is -0.354 e. The quantitative estimate of drug-likeness (QED) is 0.754. The summed E-state index contributed by atoms with van der Waals surface area (Å²) < 4.78 is 0. The second-order valence-electron chi connectivity index (χ2n) is 4.95. The molecule has 0 N–H and O–H groups in total. The number of hydrogen-bond donors (Lipinski definition) is 0. The van der Waals surface area contributed by atoms with Gasteiger partial charge in [-0.25, -0.2) is 4.98 Å². The highest BCUT2D eigenvalue weighted by molar-refractivity contribution is 6.32. The molecule has 1 aromatic heterocycles. The van der Waals surface area contributed by atoms with Gasteiger partial charge in [-0.1, -0.05) is 18.5 Å². The van der Waals surface area contributed by atoms with Crippen molar-refractivity contribution in [3.05, 3.63) is 22.8 Å². The van der Waals surface area contributed by atoms with Crippen molar-refractivity contribution >= 4 is 29.0 Å². The van der Waals surface area contributed by atoms with Crippen LogP contribution in [-0.4, -0.2) is 17.6 Å². The first-order valence-electron chi connectivity index (χ1n) is 6.09. The summed E-state index contributed by atoms with van der Waals surface area (Å²) in [6.07, 6.45) is 4.23. The first kappa shape index (κ1) is 13.0. The molecule has 17 heavy (non-hydrogen) atoms. The Bertz CT molecular complexity index is 395. The van der Waals surface area contributed by atoms with Gasteiger partial charge in [0.05, 0.1) is 5.02 Å². The number of rotatable bonds is 2. The lowest BCUT2D eigenvalue weighted by molar-refractivity contribution is 0.388. The molecule has 2 heterocycles. The van der Waals surface area contributed by atoms with E-state index in [1.807, 2.05) is 6.07 Å². The Balaban J connectivity index is 2.26. The van der Waals surface area contributed by atoms with Gasteiger partial charge in [0.2, 0.25) is 0 Å². The van der Waals surface area contributed by atoms with Crippen molar-refractivity contribution in [3.8, 4) is 0 Å². The molecule has 0 amide bonds. The van der Waals surface area contributed by atoms with Crippen molar-refractivity contribution in [2.45, 2.75) is 38.6 Å². The Labute approximate surface area is 113 Å². The van der Waals surface area contributed by atoms with Gasteiger partial charge < -0.3 is 4.90 Å². The van der Waals surface area contributed by atoms with Gasteiger partial charge >= 0.3 is 0 Å². The molecule has 1 fully saturated rings. The molecule has 2 atom stereocenters. The Hall–Kier alpha value is -0.470. The summed E-state index contributed by atoms with van der Waals surface area (Å²) in [6, 6.07) is 2.56. The van der Waals surface area contributed by atoms with Crippen LogP contribution in [0.15, 0.2) is 12.3 Å². The van der Waals surface area contributed by atoms with Gasteiger partial charge in [-0.05, 0) is 37.3 Å². The van der Waals surface area contributed by atoms with E-state index in [0.29, 0.717) is 16.9 Å². The third-order valence-corrected chi connectivity index (χ3v) is 4.10. The van der Waals surface area contributed by atoms with E-state index >= 15 is 0 Å². The standard InChI is InChI=1S/C13H18Cl2N2/c1-9-3-4-10(2)17(8-9)13-5-11(6-14)12(15)7-16-13/h5,7,9-10H,3-4,6,8H2,1-2H3. The second kappa shape index (κ2) is 5.45. The second-order valence-corrected chi connectivity index (χ2v) is 5.63. The van der Waals surface area contributed by atoms with E-state index < -0.39 is 0 Å². The number of hydrogen-bond acceptors (Lipinski definition) is 2. The molecule has 2 nitrogen and oxygen atoms in total. The highest BCUT2D eigenvalue weighted by Gasteiger charge is 2.24. The maximum absolute atomic E-state index is 6.03. The molecule has 0 bridgehead atoms. The molecular weight excluding hydrogens is 255 g/mol. The molecule has 0 radical (unpaired) electrons. The zero-order chi connectivity index (χ0) is 12.4. The van der Waals surface area contributed by atoms with Gasteiger partial charge in [0.1, 0.15) is 5.82 Å². The lowest BCUT2D eigenvalue weighted by atomic mass is 9.95. The fourth-order valence-electron chi connectivity index (χ4n) is 2.34. The van der Waals surface area contributed by atoms with Crippen LogP contribution in [-0.2, 0) is 5.88 Å². The van der Waals surface area contributed by atoms with E-state index in [2.05, 4.69) is 23.7 Å². The van der Waals surface area contributed by atoms with Crippen LogP contribution in [0.2, 0.25) is 5.02 Å². The maximum Gasteiger partial charge on any atom is 0.129 e. The number of alkyl halides is 1. The van der Waals surface area contributed by atoms with Crippen LogP contribution in [0.4, 0.5) is 5.82 Å². The summed E-state index contributed by atoms with van der Waals surface area (Å²) in [5.74, 6) is 2.17. The van der Waals surface area contributed by atoms with Gasteiger partial charge in [0.25, 0.3) is 0 Å². The van der Waals surface area contributed by atoms with Gasteiger partial charge in [-0.15, -0.1) is 11.6 Å². The van der Waals surface area contributed by atoms with Crippen molar-refractivity contribution in [1.82, 2.24) is 4.98 Å². The summed E-state index contributed by atoms with van der Waals surface area (Å²) in [7, 11) is 0. The van der Waals surface area contributed by atoms with Gasteiger partial charge in [-0.3, -0.25) is 0 Å². The lowest BCUT2D eigenvalue weighted by Gasteiger charge is -2.37. The molecule has 1 aliphatic rings. The predicted molar refractivity (Wildman–Crippen MR) is 74.0 cm³/mol. The van der Waals surface area contributed by atoms with Crippen LogP contribution < -0.4 is 4.90 Å². The molecule has 0 aromatic carbocycles. The third kappa shape index (κ3) is 2.86. The minimum absolute atomic E-state index is 0.437. The Kier molecular flexibility index (Phi) is 4.16. The molecule has 4 heteroatoms. The number of pyridine rings is 1. The predicted octanol–water partition coefficient (Wildman–Crippen LogP) is 4.10. The van der Waals surface area contributed by atoms with Crippen LogP contribution in [0.1, 0.15) is 32.3 Å². The largest absolute Gasteiger partial charge is 0.354 e. The molecule has 0 spiro atoms. The SMILES string of the molecule is CC1CCC(C)N(c2cc(CCl)c(Cl)cn2)C1. The third-order valence-electron chi connectivity index (χ3n) is 3.48. The molecule has 2 rings (SSSR count). The van der Waals surface area contributed by atoms with Crippen LogP contribution in [0.5, 0.6) is 0 Å². The smallest absolute Gasteiger partial charge is 0.129 e. The molecule has 1 saturated heterocycles. The molecule has 1 aromatic rings. The van der Waals surface area contributed by atoms with Crippen LogP contribution >= 0.6 is 23.2 Å². The van der Waals surface area contributed by atoms with Gasteiger partial charge in [-0.2, -0.15) is 0 Å². The van der Waals surface area contributed by atoms with Crippen LogP contribution in [0.25, 0.3) is 0 Å². The van der Waals surface area contributed by atoms with E-state index in [-0.39, 0.29) is 0 Å². The van der Waals surface area contributed by atoms with E-state index in [1.165, 1.54) is 12.8 Å². The Morgan fingerprint density at radius 1 is 1.41 bits per heavy atom. The normalized spacial score (nSPS) is 25.1. The first-order chi connectivity index (χ1) is 8.11. The maximum atomic E-state index is 6.03. The number of aromatic nitrogens is 1. The van der Waals surface area contributed by atoms with Crippen molar-refractivity contribution in [2.75, 3.05) is 11.4 Å². The Morgan fingerprint density at radius 3 is 2.88 bits per heavy atom. The fraction of sp³-hybridized carbons (Fsp3) is 0.615. The van der Waals surface area contributed by atoms with Crippen molar-refractivity contribution in [2.24, 2.45) is 5.92 Å². The molecule has 2 unspecified atom stereocenters. The summed E-state index contributed by atoms with van der Waals surface area (Å²) in [5.41, 5.74) is 0.962. The van der Waals surface area contributed by atoms with Crippen molar-refractivity contribution in [3.63, 3.8) is 0 Å². The molecule has 0 saturated carbocycles. The van der Waals surface area contributed by atoms with E-state index in [1.54, 1.807) is 6.20 Å². The molecular formula is C13H18Cl2N2. The number of anilines is 1. The highest BCUT2D eigenvalue weighted by atomic mass is 35.5. The summed E-state index contributed by atoms with van der Waals surface area (Å²) in [4.78, 5) is 6.79. The van der Waals surface area contributed by atoms with Crippen LogP contribution in [0, 0.1) is 5.92 Å². The zero-order valence-corrected chi connectivity index (χ0v) is 11.8. The highest BCUT2D eigenvalue weighted by Crippen LogP contribution is 2.28. The first-order valence-corrected chi connectivity index (χ1v) is 7.00. The number of piperidine rings is 1. The Morgan fingerprint density at radius 2 is 2.18 bits per heavy atom. The van der Waals surface area contributed by atoms with Crippen molar-refractivity contribution < 1.29 is 0 Å². The topological polar surface area (TPSA) is 16.1 Å². The summed E-state index contributed by atoms with van der Waals surface area (Å²) in [6.45, 7) is 5.61. The number of halogens is 2. The molecule has 94 valence electrons. The average Bonchev–Trinajstić information content (AvgIpc) is 2.33. The average molecular weight is 273 g/mol. The van der Waals surface area contributed by atoms with Crippen molar-refractivity contribution in [1.29, 1.82) is 0 Å². The van der Waals surface area contributed by atoms with E-state index in [4.69, 9.17) is 23.2 Å². The van der Waals surface area contributed by atoms with E-state index in [0.717, 1.165) is 23.8 Å². The van der Waals surface area contributed by atoms with Gasteiger partial charge in [0.15, 0.2) is 0 Å². The summed E-state index contributed by atoms with van der Waals surface area (Å²) in [5, 5.41) is 0.654. The zero-order valence-electron chi connectivity index (χ0n) is 10.3. The van der Waals surface area contributed by atoms with E-state index in [9.17, 15) is 0 Å².